The highest BCUT2D eigenvalue weighted by Crippen LogP contribution is 2.30. The monoisotopic (exact) mass is 466 g/mol. The Hall–Kier alpha value is -3.36. The number of hydrogen-bond acceptors (Lipinski definition) is 5. The molecule has 0 aromatic heterocycles. The summed E-state index contributed by atoms with van der Waals surface area (Å²) in [4.78, 5) is 13.4. The number of nitrogens with one attached hydrogen (secondary N) is 1. The zero-order chi connectivity index (χ0) is 23.4. The third kappa shape index (κ3) is 4.86. The molecule has 3 aromatic rings. The first-order valence-corrected chi connectivity index (χ1v) is 12.0. The molecule has 3 aromatic carbocycles. The van der Waals surface area contributed by atoms with Gasteiger partial charge in [0.2, 0.25) is 15.9 Å². The highest BCUT2D eigenvalue weighted by molar-refractivity contribution is 7.89. The van der Waals surface area contributed by atoms with Crippen molar-refractivity contribution in [3.8, 4) is 11.5 Å². The molecule has 0 radical (unpaired) electrons. The number of sulfonamides is 1. The van der Waals surface area contributed by atoms with Crippen LogP contribution in [-0.2, 0) is 34.3 Å². The van der Waals surface area contributed by atoms with Gasteiger partial charge in [0, 0.05) is 13.1 Å². The fourth-order valence-electron chi connectivity index (χ4n) is 3.91. The fourth-order valence-corrected chi connectivity index (χ4v) is 5.47. The van der Waals surface area contributed by atoms with E-state index in [1.165, 1.54) is 23.5 Å². The molecule has 4 rings (SSSR count). The van der Waals surface area contributed by atoms with Gasteiger partial charge in [0.15, 0.2) is 0 Å². The van der Waals surface area contributed by atoms with E-state index in [2.05, 4.69) is 5.32 Å². The molecule has 0 saturated heterocycles. The first-order valence-electron chi connectivity index (χ1n) is 10.6. The number of rotatable bonds is 7. The van der Waals surface area contributed by atoms with Crippen molar-refractivity contribution in [1.82, 2.24) is 9.62 Å². The summed E-state index contributed by atoms with van der Waals surface area (Å²) in [6.07, 6.45) is 0.306. The average Bonchev–Trinajstić information content (AvgIpc) is 2.86. The zero-order valence-corrected chi connectivity index (χ0v) is 19.3. The molecule has 8 heteroatoms. The third-order valence-corrected chi connectivity index (χ3v) is 7.67. The van der Waals surface area contributed by atoms with Gasteiger partial charge in [-0.1, -0.05) is 36.4 Å². The summed E-state index contributed by atoms with van der Waals surface area (Å²) < 4.78 is 38.7. The second-order valence-corrected chi connectivity index (χ2v) is 9.67. The maximum atomic E-state index is 13.5. The Morgan fingerprint density at radius 1 is 0.909 bits per heavy atom. The number of carbonyl (C=O) groups excluding carboxylic acids is 1. The molecule has 1 atom stereocenters. The van der Waals surface area contributed by atoms with Gasteiger partial charge in [-0.05, 0) is 59.5 Å². The van der Waals surface area contributed by atoms with Crippen molar-refractivity contribution in [3.05, 3.63) is 89.5 Å². The first kappa shape index (κ1) is 22.8. The Morgan fingerprint density at radius 2 is 1.48 bits per heavy atom. The molecule has 0 spiro atoms. The summed E-state index contributed by atoms with van der Waals surface area (Å²) >= 11 is 0. The number of nitrogens with zero attached hydrogens (tertiary/aromatic N) is 1. The van der Waals surface area contributed by atoms with Crippen LogP contribution >= 0.6 is 0 Å². The van der Waals surface area contributed by atoms with Crippen molar-refractivity contribution in [2.24, 2.45) is 0 Å². The second kappa shape index (κ2) is 9.64. The van der Waals surface area contributed by atoms with Gasteiger partial charge in [0.25, 0.3) is 0 Å². The Kier molecular flexibility index (Phi) is 6.67. The molecule has 0 aliphatic carbocycles. The quantitative estimate of drug-likeness (QED) is 0.578. The highest BCUT2D eigenvalue weighted by Gasteiger charge is 2.39. The Bertz CT molecular complexity index is 1220. The van der Waals surface area contributed by atoms with Crippen LogP contribution in [0.2, 0.25) is 0 Å². The van der Waals surface area contributed by atoms with E-state index in [0.29, 0.717) is 12.2 Å². The minimum Gasteiger partial charge on any atom is -0.497 e. The van der Waals surface area contributed by atoms with E-state index in [-0.39, 0.29) is 23.9 Å². The topological polar surface area (TPSA) is 84.9 Å². The van der Waals surface area contributed by atoms with E-state index in [1.54, 1.807) is 19.2 Å². The van der Waals surface area contributed by atoms with Gasteiger partial charge in [0.05, 0.1) is 19.1 Å². The van der Waals surface area contributed by atoms with Gasteiger partial charge in [-0.2, -0.15) is 4.31 Å². The Balaban J connectivity index is 1.60. The van der Waals surface area contributed by atoms with Crippen molar-refractivity contribution in [2.75, 3.05) is 14.2 Å². The fraction of sp³-hybridized carbons (Fsp3) is 0.240. The number of hydrogen-bond donors (Lipinski definition) is 1. The van der Waals surface area contributed by atoms with Gasteiger partial charge >= 0.3 is 0 Å². The minimum atomic E-state index is -3.92. The Morgan fingerprint density at radius 3 is 2.09 bits per heavy atom. The maximum Gasteiger partial charge on any atom is 0.244 e. The molecule has 0 fully saturated rings. The molecule has 0 bridgehead atoms. The molecular weight excluding hydrogens is 440 g/mol. The number of benzene rings is 3. The van der Waals surface area contributed by atoms with E-state index in [9.17, 15) is 13.2 Å². The van der Waals surface area contributed by atoms with Crippen LogP contribution < -0.4 is 14.8 Å². The predicted molar refractivity (Wildman–Crippen MR) is 124 cm³/mol. The molecule has 1 aliphatic rings. The van der Waals surface area contributed by atoms with E-state index in [4.69, 9.17) is 9.47 Å². The van der Waals surface area contributed by atoms with Crippen LogP contribution in [0.3, 0.4) is 0 Å². The third-order valence-electron chi connectivity index (χ3n) is 5.80. The van der Waals surface area contributed by atoms with E-state index < -0.39 is 16.1 Å². The van der Waals surface area contributed by atoms with Crippen LogP contribution in [0.25, 0.3) is 0 Å². The van der Waals surface area contributed by atoms with Crippen LogP contribution in [0.5, 0.6) is 11.5 Å². The van der Waals surface area contributed by atoms with E-state index >= 15 is 0 Å². The lowest BCUT2D eigenvalue weighted by atomic mass is 9.95. The van der Waals surface area contributed by atoms with Gasteiger partial charge in [-0.3, -0.25) is 4.79 Å². The summed E-state index contributed by atoms with van der Waals surface area (Å²) in [5, 5.41) is 2.90. The van der Waals surface area contributed by atoms with Crippen molar-refractivity contribution < 1.29 is 22.7 Å². The molecule has 1 heterocycles. The van der Waals surface area contributed by atoms with Gasteiger partial charge < -0.3 is 14.8 Å². The molecular formula is C25H26N2O5S. The molecule has 7 nitrogen and oxygen atoms in total. The summed E-state index contributed by atoms with van der Waals surface area (Å²) in [6, 6.07) is 20.3. The molecule has 172 valence electrons. The van der Waals surface area contributed by atoms with Crippen LogP contribution in [-0.4, -0.2) is 38.9 Å². The molecule has 1 N–H and O–H groups in total. The average molecular weight is 467 g/mol. The number of ether oxygens (including phenoxy) is 2. The van der Waals surface area contributed by atoms with Crippen LogP contribution in [0.4, 0.5) is 0 Å². The van der Waals surface area contributed by atoms with Crippen LogP contribution in [0.15, 0.2) is 77.7 Å². The molecule has 1 aliphatic heterocycles. The molecule has 1 amide bonds. The number of fused-ring (bicyclic) bond motifs is 1. The second-order valence-electron chi connectivity index (χ2n) is 7.78. The van der Waals surface area contributed by atoms with Gasteiger partial charge in [-0.25, -0.2) is 8.42 Å². The summed E-state index contributed by atoms with van der Waals surface area (Å²) in [5.74, 6) is 0.954. The lowest BCUT2D eigenvalue weighted by Crippen LogP contribution is -2.52. The summed E-state index contributed by atoms with van der Waals surface area (Å²) in [7, 11) is -0.801. The number of amides is 1. The smallest absolute Gasteiger partial charge is 0.244 e. The lowest BCUT2D eigenvalue weighted by molar-refractivity contribution is -0.125. The lowest BCUT2D eigenvalue weighted by Gasteiger charge is -2.35. The standard InChI is InChI=1S/C25H26N2O5S/c1-31-21-9-7-18(8-10-21)16-26-25(28)24-15-19-5-3-4-6-20(19)17-27(24)33(29,30)23-13-11-22(32-2)12-14-23/h3-14,24H,15-17H2,1-2H3,(H,26,28)/t24-/m1/s1. The largest absolute Gasteiger partial charge is 0.497 e. The predicted octanol–water partition coefficient (Wildman–Crippen LogP) is 3.14. The number of carbonyl (C=O) groups is 1. The molecule has 0 saturated carbocycles. The summed E-state index contributed by atoms with van der Waals surface area (Å²) in [5.41, 5.74) is 2.77. The molecule has 0 unspecified atom stereocenters. The first-order chi connectivity index (χ1) is 15.9. The normalized spacial score (nSPS) is 16.0. The Labute approximate surface area is 194 Å². The van der Waals surface area contributed by atoms with Crippen molar-refractivity contribution >= 4 is 15.9 Å². The van der Waals surface area contributed by atoms with E-state index in [1.807, 2.05) is 48.5 Å². The highest BCUT2D eigenvalue weighted by atomic mass is 32.2. The summed E-state index contributed by atoms with van der Waals surface area (Å²) in [6.45, 7) is 0.419. The molecule has 33 heavy (non-hydrogen) atoms. The van der Waals surface area contributed by atoms with Gasteiger partial charge in [-0.15, -0.1) is 0 Å². The SMILES string of the molecule is COc1ccc(CNC(=O)[C@H]2Cc3ccccc3CN2S(=O)(=O)c2ccc(OC)cc2)cc1. The van der Waals surface area contributed by atoms with Crippen molar-refractivity contribution in [1.29, 1.82) is 0 Å². The van der Waals surface area contributed by atoms with Gasteiger partial charge in [0.1, 0.15) is 17.5 Å². The van der Waals surface area contributed by atoms with Crippen molar-refractivity contribution in [3.63, 3.8) is 0 Å². The maximum absolute atomic E-state index is 13.5. The van der Waals surface area contributed by atoms with Crippen LogP contribution in [0, 0.1) is 0 Å². The van der Waals surface area contributed by atoms with E-state index in [0.717, 1.165) is 22.4 Å². The number of methoxy groups -OCH3 is 2. The minimum absolute atomic E-state index is 0.121. The van der Waals surface area contributed by atoms with Crippen molar-refractivity contribution in [2.45, 2.75) is 30.4 Å². The zero-order valence-electron chi connectivity index (χ0n) is 18.5. The van der Waals surface area contributed by atoms with Crippen LogP contribution in [0.1, 0.15) is 16.7 Å².